The molecule has 0 radical (unpaired) electrons. The molecule has 1 aliphatic heterocycles. The topological polar surface area (TPSA) is 108 Å². The molecule has 1 heterocycles. The van der Waals surface area contributed by atoms with Crippen molar-refractivity contribution in [2.45, 2.75) is 57.4 Å². The lowest BCUT2D eigenvalue weighted by Gasteiger charge is -2.34. The number of carbonyl (C=O) groups excluding carboxylic acids is 1. The molecule has 0 saturated carbocycles. The molecule has 1 fully saturated rings. The monoisotopic (exact) mass is 470 g/mol. The minimum atomic E-state index is -3.88. The van der Waals surface area contributed by atoms with Crippen molar-refractivity contribution in [3.63, 3.8) is 0 Å². The predicted octanol–water partition coefficient (Wildman–Crippen LogP) is 2.25. The lowest BCUT2D eigenvalue weighted by Crippen LogP contribution is -2.47. The maximum atomic E-state index is 12.0. The normalized spacial score (nSPS) is 16.7. The molecule has 1 aliphatic rings. The molecule has 0 aliphatic carbocycles. The number of rotatable bonds is 17. The van der Waals surface area contributed by atoms with Gasteiger partial charge in [-0.2, -0.15) is 8.42 Å². The molecule has 0 aromatic rings. The van der Waals surface area contributed by atoms with Gasteiger partial charge in [-0.25, -0.2) is 0 Å². The number of carbonyl (C=O) groups is 1. The average Bonchev–Trinajstić information content (AvgIpc) is 3.18. The summed E-state index contributed by atoms with van der Waals surface area (Å²) in [6, 6.07) is 0.668. The molecule has 1 rings (SSSR count). The summed E-state index contributed by atoms with van der Waals surface area (Å²) in [5.41, 5.74) is 0. The van der Waals surface area contributed by atoms with E-state index in [1.165, 1.54) is 12.8 Å². The molecule has 1 saturated heterocycles. The van der Waals surface area contributed by atoms with Gasteiger partial charge in [0.25, 0.3) is 10.1 Å². The third-order valence-electron chi connectivity index (χ3n) is 5.89. The van der Waals surface area contributed by atoms with Crippen LogP contribution < -0.4 is 0 Å². The summed E-state index contributed by atoms with van der Waals surface area (Å²) in [5, 5.41) is 0. The van der Waals surface area contributed by atoms with Crippen LogP contribution in [0.4, 0.5) is 0 Å². The Kier molecular flexibility index (Phi) is 12.6. The highest BCUT2D eigenvalue weighted by Gasteiger charge is 2.36. The summed E-state index contributed by atoms with van der Waals surface area (Å²) in [7, 11) is -1.70. The Labute approximate surface area is 182 Å². The van der Waals surface area contributed by atoms with Gasteiger partial charge in [-0.05, 0) is 25.7 Å². The fourth-order valence-corrected chi connectivity index (χ4v) is 6.49. The number of nitrogens with zero attached hydrogens (tertiary/aromatic N) is 1. The van der Waals surface area contributed by atoms with E-state index < -0.39 is 18.9 Å². The molecular formula is C19H40NO8SSi+. The minimum Gasteiger partial charge on any atom is -0.465 e. The van der Waals surface area contributed by atoms with Crippen molar-refractivity contribution < 1.29 is 40.3 Å². The van der Waals surface area contributed by atoms with Crippen LogP contribution in [0.2, 0.25) is 6.04 Å². The van der Waals surface area contributed by atoms with Crippen molar-refractivity contribution in [1.82, 2.24) is 0 Å². The van der Waals surface area contributed by atoms with Gasteiger partial charge in [-0.1, -0.05) is 0 Å². The summed E-state index contributed by atoms with van der Waals surface area (Å²) < 4.78 is 53.0. The third-order valence-corrected chi connectivity index (χ3v) is 9.52. The highest BCUT2D eigenvalue weighted by molar-refractivity contribution is 7.85. The molecule has 178 valence electrons. The summed E-state index contributed by atoms with van der Waals surface area (Å²) in [6.45, 7) is 4.43. The zero-order valence-corrected chi connectivity index (χ0v) is 20.6. The van der Waals surface area contributed by atoms with E-state index in [-0.39, 0.29) is 11.7 Å². The number of ether oxygens (including phenoxy) is 1. The SMILES string of the molecule is CO[Si](CCCCC(=O)OCCC[N+]1(CCCCS(=O)(=O)O)CCCC1)(OC)OC. The fraction of sp³-hybridized carbons (Fsp3) is 0.947. The van der Waals surface area contributed by atoms with Crippen molar-refractivity contribution >= 4 is 24.9 Å². The minimum absolute atomic E-state index is 0.173. The van der Waals surface area contributed by atoms with Gasteiger partial charge in [-0.15, -0.1) is 0 Å². The first-order valence-electron chi connectivity index (χ1n) is 10.8. The molecule has 30 heavy (non-hydrogen) atoms. The summed E-state index contributed by atoms with van der Waals surface area (Å²) in [5.74, 6) is -0.358. The Balaban J connectivity index is 2.21. The molecule has 0 atom stereocenters. The van der Waals surface area contributed by atoms with Gasteiger partial charge >= 0.3 is 14.8 Å². The van der Waals surface area contributed by atoms with Crippen LogP contribution in [0.25, 0.3) is 0 Å². The molecule has 0 aromatic heterocycles. The van der Waals surface area contributed by atoms with E-state index in [1.54, 1.807) is 21.3 Å². The zero-order valence-electron chi connectivity index (χ0n) is 18.8. The second-order valence-corrected chi connectivity index (χ2v) is 12.7. The molecule has 9 nitrogen and oxygen atoms in total. The molecule has 0 aromatic carbocycles. The second kappa shape index (κ2) is 13.8. The highest BCUT2D eigenvalue weighted by atomic mass is 32.2. The van der Waals surface area contributed by atoms with Gasteiger partial charge in [0, 0.05) is 53.1 Å². The lowest BCUT2D eigenvalue weighted by atomic mass is 10.2. The van der Waals surface area contributed by atoms with Gasteiger partial charge in [0.1, 0.15) is 0 Å². The van der Waals surface area contributed by atoms with Crippen molar-refractivity contribution in [3.8, 4) is 0 Å². The number of hydrogen-bond acceptors (Lipinski definition) is 7. The average molecular weight is 471 g/mol. The van der Waals surface area contributed by atoms with E-state index in [2.05, 4.69) is 0 Å². The summed E-state index contributed by atoms with van der Waals surface area (Å²) in [6.07, 6.45) is 6.26. The van der Waals surface area contributed by atoms with Crippen molar-refractivity contribution in [3.05, 3.63) is 0 Å². The number of esters is 1. The van der Waals surface area contributed by atoms with E-state index >= 15 is 0 Å². The Morgan fingerprint density at radius 1 is 0.933 bits per heavy atom. The Morgan fingerprint density at radius 3 is 2.10 bits per heavy atom. The lowest BCUT2D eigenvalue weighted by molar-refractivity contribution is -0.917. The third kappa shape index (κ3) is 10.6. The molecule has 11 heteroatoms. The van der Waals surface area contributed by atoms with Crippen LogP contribution in [0.1, 0.15) is 51.4 Å². The Bertz CT molecular complexity index is 583. The first-order chi connectivity index (χ1) is 14.2. The number of unbranched alkanes of at least 4 members (excludes halogenated alkanes) is 2. The van der Waals surface area contributed by atoms with Crippen molar-refractivity contribution in [1.29, 1.82) is 0 Å². The van der Waals surface area contributed by atoms with E-state index in [4.69, 9.17) is 22.6 Å². The predicted molar refractivity (Wildman–Crippen MR) is 116 cm³/mol. The van der Waals surface area contributed by atoms with Crippen LogP contribution in [0, 0.1) is 0 Å². The van der Waals surface area contributed by atoms with E-state index in [1.807, 2.05) is 0 Å². The van der Waals surface area contributed by atoms with Gasteiger partial charge in [0.05, 0.1) is 38.5 Å². The number of quaternary nitrogens is 1. The highest BCUT2D eigenvalue weighted by Crippen LogP contribution is 2.22. The van der Waals surface area contributed by atoms with Crippen LogP contribution in [0.3, 0.4) is 0 Å². The van der Waals surface area contributed by atoms with Crippen LogP contribution in [-0.4, -0.2) is 92.1 Å². The zero-order chi connectivity index (χ0) is 22.5. The molecular weight excluding hydrogens is 430 g/mol. The maximum Gasteiger partial charge on any atom is 0.500 e. The fourth-order valence-electron chi connectivity index (χ4n) is 4.12. The smallest absolute Gasteiger partial charge is 0.465 e. The first-order valence-corrected chi connectivity index (χ1v) is 14.4. The molecule has 0 bridgehead atoms. The Hall–Kier alpha value is -0.563. The van der Waals surface area contributed by atoms with E-state index in [0.29, 0.717) is 31.9 Å². The first kappa shape index (κ1) is 27.5. The largest absolute Gasteiger partial charge is 0.500 e. The van der Waals surface area contributed by atoms with Crippen LogP contribution >= 0.6 is 0 Å². The molecule has 0 spiro atoms. The van der Waals surface area contributed by atoms with Crippen molar-refractivity contribution in [2.24, 2.45) is 0 Å². The molecule has 1 N–H and O–H groups in total. The van der Waals surface area contributed by atoms with Crippen LogP contribution in [-0.2, 0) is 32.9 Å². The van der Waals surface area contributed by atoms with E-state index in [9.17, 15) is 13.2 Å². The van der Waals surface area contributed by atoms with Crippen molar-refractivity contribution in [2.75, 3.05) is 59.9 Å². The second-order valence-electron chi connectivity index (χ2n) is 8.01. The van der Waals surface area contributed by atoms with Gasteiger partial charge in [0.15, 0.2) is 0 Å². The molecule has 0 amide bonds. The van der Waals surface area contributed by atoms with Gasteiger partial charge < -0.3 is 22.5 Å². The summed E-state index contributed by atoms with van der Waals surface area (Å²) in [4.78, 5) is 12.0. The maximum absolute atomic E-state index is 12.0. The van der Waals surface area contributed by atoms with Gasteiger partial charge in [0.2, 0.25) is 0 Å². The van der Waals surface area contributed by atoms with Crippen LogP contribution in [0.5, 0.6) is 0 Å². The van der Waals surface area contributed by atoms with E-state index in [0.717, 1.165) is 49.9 Å². The number of likely N-dealkylation sites (tertiary alicyclic amines) is 1. The quantitative estimate of drug-likeness (QED) is 0.113. The standard InChI is InChI=1S/C19H39NO8SSi/c1-25-30(26-2,27-3)18-9-4-11-19(21)28-16-10-15-20(12-5-6-13-20)14-7-8-17-29(22,23)24/h4-18H2,1-3H3/p+1. The number of hydrogen-bond donors (Lipinski definition) is 1. The molecule has 0 unspecified atom stereocenters. The van der Waals surface area contributed by atoms with Crippen LogP contribution in [0.15, 0.2) is 0 Å². The van der Waals surface area contributed by atoms with Gasteiger partial charge in [-0.3, -0.25) is 9.35 Å². The summed E-state index contributed by atoms with van der Waals surface area (Å²) >= 11 is 0. The Morgan fingerprint density at radius 2 is 1.53 bits per heavy atom.